The summed E-state index contributed by atoms with van der Waals surface area (Å²) < 4.78 is 0. The summed E-state index contributed by atoms with van der Waals surface area (Å²) in [5.74, 6) is 0.691. The quantitative estimate of drug-likeness (QED) is 0.109. The van der Waals surface area contributed by atoms with Gasteiger partial charge in [0.15, 0.2) is 5.82 Å². The first kappa shape index (κ1) is 46.0. The van der Waals surface area contributed by atoms with Gasteiger partial charge in [-0.05, 0) is 138 Å². The fourth-order valence-electron chi connectivity index (χ4n) is 9.71. The number of aromatic nitrogens is 2. The lowest BCUT2D eigenvalue weighted by molar-refractivity contribution is 1.18. The molecule has 12 rings (SSSR count). The van der Waals surface area contributed by atoms with Crippen molar-refractivity contribution in [3.63, 3.8) is 0 Å². The number of rotatable bonds is 14. The van der Waals surface area contributed by atoms with Crippen LogP contribution in [0.15, 0.2) is 309 Å². The van der Waals surface area contributed by atoms with Crippen molar-refractivity contribution in [3.05, 3.63) is 309 Å². The predicted molar refractivity (Wildman–Crippen MR) is 313 cm³/mol. The van der Waals surface area contributed by atoms with Crippen molar-refractivity contribution in [2.24, 2.45) is 0 Å². The Kier molecular flexibility index (Phi) is 13.1. The number of anilines is 9. The van der Waals surface area contributed by atoms with Gasteiger partial charge in [0.2, 0.25) is 0 Å². The predicted octanol–water partition coefficient (Wildman–Crippen LogP) is 19.2. The van der Waals surface area contributed by atoms with Gasteiger partial charge < -0.3 is 14.7 Å². The number of hydrogen-bond acceptors (Lipinski definition) is 5. The third-order valence-electron chi connectivity index (χ3n) is 13.5. The second-order valence-electron chi connectivity index (χ2n) is 18.3. The highest BCUT2D eigenvalue weighted by molar-refractivity contribution is 5.84. The van der Waals surface area contributed by atoms with Crippen LogP contribution >= 0.6 is 0 Å². The molecule has 0 aliphatic carbocycles. The molecule has 1 heterocycles. The van der Waals surface area contributed by atoms with E-state index in [-0.39, 0.29) is 0 Å². The van der Waals surface area contributed by atoms with Crippen LogP contribution in [-0.4, -0.2) is 9.97 Å². The molecule has 5 heteroatoms. The van der Waals surface area contributed by atoms with Crippen molar-refractivity contribution >= 4 is 51.2 Å². The van der Waals surface area contributed by atoms with Crippen LogP contribution in [0.4, 0.5) is 51.2 Å². The van der Waals surface area contributed by atoms with Crippen LogP contribution in [0.1, 0.15) is 0 Å². The Bertz CT molecular complexity index is 3440. The van der Waals surface area contributed by atoms with Crippen molar-refractivity contribution in [1.82, 2.24) is 9.97 Å². The number of nitrogens with zero attached hydrogens (tertiary/aromatic N) is 5. The molecule has 0 radical (unpaired) electrons. The molecule has 75 heavy (non-hydrogen) atoms. The van der Waals surface area contributed by atoms with Crippen LogP contribution in [0.5, 0.6) is 0 Å². The molecule has 1 aromatic heterocycles. The van der Waals surface area contributed by atoms with Gasteiger partial charge in [-0.1, -0.05) is 194 Å². The van der Waals surface area contributed by atoms with Crippen LogP contribution in [-0.2, 0) is 0 Å². The van der Waals surface area contributed by atoms with Gasteiger partial charge in [-0.25, -0.2) is 9.97 Å². The molecule has 0 aliphatic rings. The van der Waals surface area contributed by atoms with Gasteiger partial charge in [-0.2, -0.15) is 0 Å². The summed E-state index contributed by atoms with van der Waals surface area (Å²) in [6.45, 7) is 0. The number of hydrogen-bond donors (Lipinski definition) is 0. The van der Waals surface area contributed by atoms with Gasteiger partial charge in [0.1, 0.15) is 0 Å². The van der Waals surface area contributed by atoms with Crippen LogP contribution in [0.3, 0.4) is 0 Å². The standard InChI is InChI=1S/C70H51N5/c1-7-19-56(20-8-1)68-51-69(72-70(71-68)58-21-9-2-10-22-58)57-39-49-67(50-40-57)75(65-45-35-54(36-46-65)52-31-41-63(42-32-52)73(59-23-11-3-12-24-59)60-25-13-4-14-26-60)66-47-37-55(38-48-66)53-33-43-64(44-34-53)74(61-27-15-5-16-28-61)62-29-17-6-18-30-62/h1-51H. The van der Waals surface area contributed by atoms with Gasteiger partial charge in [-0.3, -0.25) is 0 Å². The van der Waals surface area contributed by atoms with Crippen LogP contribution in [0.2, 0.25) is 0 Å². The molecule has 0 saturated heterocycles. The minimum atomic E-state index is 0.691. The molecule has 356 valence electrons. The highest BCUT2D eigenvalue weighted by atomic mass is 15.2. The second kappa shape index (κ2) is 21.3. The fourth-order valence-corrected chi connectivity index (χ4v) is 9.71. The van der Waals surface area contributed by atoms with Crippen molar-refractivity contribution in [2.45, 2.75) is 0 Å². The van der Waals surface area contributed by atoms with Crippen LogP contribution in [0.25, 0.3) is 56.2 Å². The van der Waals surface area contributed by atoms with E-state index in [0.717, 1.165) is 102 Å². The zero-order valence-corrected chi connectivity index (χ0v) is 41.2. The van der Waals surface area contributed by atoms with Crippen molar-refractivity contribution < 1.29 is 0 Å². The molecule has 0 atom stereocenters. The highest BCUT2D eigenvalue weighted by Gasteiger charge is 2.18. The molecule has 11 aromatic carbocycles. The minimum Gasteiger partial charge on any atom is -0.311 e. The van der Waals surface area contributed by atoms with E-state index in [1.54, 1.807) is 0 Å². The van der Waals surface area contributed by atoms with E-state index in [1.165, 1.54) is 0 Å². The summed E-state index contributed by atoms with van der Waals surface area (Å²) >= 11 is 0. The van der Waals surface area contributed by atoms with E-state index in [2.05, 4.69) is 288 Å². The molecule has 0 saturated carbocycles. The van der Waals surface area contributed by atoms with E-state index in [9.17, 15) is 0 Å². The number of benzene rings is 11. The zero-order chi connectivity index (χ0) is 50.2. The van der Waals surface area contributed by atoms with E-state index >= 15 is 0 Å². The van der Waals surface area contributed by atoms with Crippen molar-refractivity contribution in [1.29, 1.82) is 0 Å². The van der Waals surface area contributed by atoms with E-state index in [0.29, 0.717) is 5.82 Å². The largest absolute Gasteiger partial charge is 0.311 e. The second-order valence-corrected chi connectivity index (χ2v) is 18.3. The Morgan fingerprint density at radius 2 is 0.373 bits per heavy atom. The molecule has 0 spiro atoms. The summed E-state index contributed by atoms with van der Waals surface area (Å²) in [6, 6.07) is 109. The van der Waals surface area contributed by atoms with Crippen molar-refractivity contribution in [3.8, 4) is 56.2 Å². The first-order valence-corrected chi connectivity index (χ1v) is 25.3. The summed E-state index contributed by atoms with van der Waals surface area (Å²) in [5.41, 5.74) is 19.1. The lowest BCUT2D eigenvalue weighted by Crippen LogP contribution is -2.10. The molecular weight excluding hydrogens is 911 g/mol. The van der Waals surface area contributed by atoms with Crippen molar-refractivity contribution in [2.75, 3.05) is 14.7 Å². The lowest BCUT2D eigenvalue weighted by atomic mass is 10.0. The maximum absolute atomic E-state index is 5.13. The topological polar surface area (TPSA) is 35.5 Å². The van der Waals surface area contributed by atoms with Gasteiger partial charge in [0.05, 0.1) is 11.4 Å². The molecule has 0 bridgehead atoms. The maximum atomic E-state index is 5.13. The molecule has 0 amide bonds. The first-order valence-electron chi connectivity index (χ1n) is 25.3. The van der Waals surface area contributed by atoms with Crippen LogP contribution < -0.4 is 14.7 Å². The summed E-state index contributed by atoms with van der Waals surface area (Å²) in [4.78, 5) is 17.1. The maximum Gasteiger partial charge on any atom is 0.160 e. The van der Waals surface area contributed by atoms with Gasteiger partial charge in [0, 0.05) is 67.9 Å². The third-order valence-corrected chi connectivity index (χ3v) is 13.5. The Morgan fingerprint density at radius 1 is 0.173 bits per heavy atom. The normalized spacial score (nSPS) is 10.9. The molecule has 0 fully saturated rings. The highest BCUT2D eigenvalue weighted by Crippen LogP contribution is 2.41. The first-order chi connectivity index (χ1) is 37.2. The smallest absolute Gasteiger partial charge is 0.160 e. The fraction of sp³-hybridized carbons (Fsp3) is 0. The Balaban J connectivity index is 0.879. The Labute approximate surface area is 439 Å². The Morgan fingerprint density at radius 3 is 0.640 bits per heavy atom. The van der Waals surface area contributed by atoms with E-state index in [1.807, 2.05) is 36.4 Å². The summed E-state index contributed by atoms with van der Waals surface area (Å²) in [7, 11) is 0. The molecule has 0 aliphatic heterocycles. The van der Waals surface area contributed by atoms with Gasteiger partial charge in [0.25, 0.3) is 0 Å². The minimum absolute atomic E-state index is 0.691. The average Bonchev–Trinajstić information content (AvgIpc) is 3.50. The molecule has 12 aromatic rings. The zero-order valence-electron chi connectivity index (χ0n) is 41.2. The molecular formula is C70H51N5. The molecule has 0 unspecified atom stereocenters. The van der Waals surface area contributed by atoms with E-state index in [4.69, 9.17) is 9.97 Å². The lowest BCUT2D eigenvalue weighted by Gasteiger charge is -2.27. The van der Waals surface area contributed by atoms with Crippen LogP contribution in [0, 0.1) is 0 Å². The summed E-state index contributed by atoms with van der Waals surface area (Å²) in [6.07, 6.45) is 0. The van der Waals surface area contributed by atoms with Gasteiger partial charge >= 0.3 is 0 Å². The SMILES string of the molecule is c1ccc(-c2cc(-c3ccc(N(c4ccc(-c5ccc(N(c6ccccc6)c6ccccc6)cc5)cc4)c4ccc(-c5ccc(N(c6ccccc6)c6ccccc6)cc5)cc4)cc3)nc(-c3ccccc3)n2)cc1. The third kappa shape index (κ3) is 10.1. The molecule has 0 N–H and O–H groups in total. The van der Waals surface area contributed by atoms with E-state index < -0.39 is 0 Å². The average molecular weight is 962 g/mol. The monoisotopic (exact) mass is 961 g/mol. The molecule has 5 nitrogen and oxygen atoms in total. The van der Waals surface area contributed by atoms with Gasteiger partial charge in [-0.15, -0.1) is 0 Å². The Hall–Kier alpha value is -10.1. The summed E-state index contributed by atoms with van der Waals surface area (Å²) in [5, 5.41) is 0. The number of para-hydroxylation sites is 4.